The molecule has 0 unspecified atom stereocenters. The van der Waals surface area contributed by atoms with Crippen molar-refractivity contribution in [3.8, 4) is 5.75 Å². The summed E-state index contributed by atoms with van der Waals surface area (Å²) in [6.07, 6.45) is 0.502. The van der Waals surface area contributed by atoms with Gasteiger partial charge in [-0.3, -0.25) is 9.59 Å². The maximum absolute atomic E-state index is 12.8. The minimum Gasteiger partial charge on any atom is -0.508 e. The van der Waals surface area contributed by atoms with Crippen molar-refractivity contribution in [1.29, 1.82) is 0 Å². The highest BCUT2D eigenvalue weighted by molar-refractivity contribution is 6.40. The number of carbonyl (C=O) groups excluding carboxylic acids is 2. The number of hydrogen-bond donors (Lipinski definition) is 2. The van der Waals surface area contributed by atoms with E-state index in [-0.39, 0.29) is 18.1 Å². The highest BCUT2D eigenvalue weighted by Crippen LogP contribution is 2.17. The molecule has 0 spiro atoms. The molecular formula is C17H17FN2O3. The van der Waals surface area contributed by atoms with Crippen molar-refractivity contribution in [3.05, 3.63) is 59.9 Å². The summed E-state index contributed by atoms with van der Waals surface area (Å²) in [6, 6.07) is 11.9. The molecule has 0 aliphatic rings. The number of nitrogens with one attached hydrogen (secondary N) is 1. The summed E-state index contributed by atoms with van der Waals surface area (Å²) in [4.78, 5) is 25.1. The number of likely N-dealkylation sites (N-methyl/N-ethyl adjacent to an activating group) is 1. The summed E-state index contributed by atoms with van der Waals surface area (Å²) in [7, 11) is 1.48. The van der Waals surface area contributed by atoms with Crippen LogP contribution in [0.3, 0.4) is 0 Å². The SMILES string of the molecule is CN(C(=O)C(=O)NCCc1ccc(F)cc1)c1ccc(O)cc1. The van der Waals surface area contributed by atoms with Crippen LogP contribution >= 0.6 is 0 Å². The molecular weight excluding hydrogens is 299 g/mol. The lowest BCUT2D eigenvalue weighted by molar-refractivity contribution is -0.137. The molecule has 0 aliphatic carbocycles. The third-order valence-electron chi connectivity index (χ3n) is 3.35. The van der Waals surface area contributed by atoms with Gasteiger partial charge in [0.15, 0.2) is 0 Å². The average molecular weight is 316 g/mol. The van der Waals surface area contributed by atoms with Crippen LogP contribution in [0, 0.1) is 5.82 Å². The number of benzene rings is 2. The number of rotatable bonds is 4. The molecule has 5 nitrogen and oxygen atoms in total. The summed E-state index contributed by atoms with van der Waals surface area (Å²) < 4.78 is 12.8. The zero-order valence-electron chi connectivity index (χ0n) is 12.6. The highest BCUT2D eigenvalue weighted by atomic mass is 19.1. The fourth-order valence-electron chi connectivity index (χ4n) is 1.99. The Bertz CT molecular complexity index is 684. The number of phenols is 1. The molecule has 0 heterocycles. The summed E-state index contributed by atoms with van der Waals surface area (Å²) >= 11 is 0. The molecule has 0 aromatic heterocycles. The van der Waals surface area contributed by atoms with Crippen LogP contribution in [0.25, 0.3) is 0 Å². The molecule has 2 N–H and O–H groups in total. The predicted octanol–water partition coefficient (Wildman–Crippen LogP) is 1.85. The zero-order valence-corrected chi connectivity index (χ0v) is 12.6. The van der Waals surface area contributed by atoms with Crippen molar-refractivity contribution < 1.29 is 19.1 Å². The fraction of sp³-hybridized carbons (Fsp3) is 0.176. The molecule has 2 aromatic carbocycles. The van der Waals surface area contributed by atoms with Crippen molar-refractivity contribution in [2.45, 2.75) is 6.42 Å². The topological polar surface area (TPSA) is 69.6 Å². The fourth-order valence-corrected chi connectivity index (χ4v) is 1.99. The van der Waals surface area contributed by atoms with Crippen LogP contribution in [0.5, 0.6) is 5.75 Å². The first-order valence-electron chi connectivity index (χ1n) is 7.07. The summed E-state index contributed by atoms with van der Waals surface area (Å²) in [5.74, 6) is -1.65. The van der Waals surface area contributed by atoms with Gasteiger partial charge in [0.05, 0.1) is 0 Å². The quantitative estimate of drug-likeness (QED) is 0.846. The van der Waals surface area contributed by atoms with Gasteiger partial charge < -0.3 is 15.3 Å². The van der Waals surface area contributed by atoms with Crippen LogP contribution in [0.1, 0.15) is 5.56 Å². The monoisotopic (exact) mass is 316 g/mol. The van der Waals surface area contributed by atoms with E-state index in [0.717, 1.165) is 5.56 Å². The number of anilines is 1. The first-order chi connectivity index (χ1) is 11.0. The summed E-state index contributed by atoms with van der Waals surface area (Å²) in [6.45, 7) is 0.277. The number of carbonyl (C=O) groups is 2. The van der Waals surface area contributed by atoms with E-state index in [1.165, 1.54) is 36.2 Å². The average Bonchev–Trinajstić information content (AvgIpc) is 2.56. The number of hydrogen-bond acceptors (Lipinski definition) is 3. The predicted molar refractivity (Wildman–Crippen MR) is 84.6 cm³/mol. The van der Waals surface area contributed by atoms with E-state index >= 15 is 0 Å². The van der Waals surface area contributed by atoms with Gasteiger partial charge in [-0.1, -0.05) is 12.1 Å². The first-order valence-corrected chi connectivity index (χ1v) is 7.07. The van der Waals surface area contributed by atoms with Gasteiger partial charge >= 0.3 is 11.8 Å². The van der Waals surface area contributed by atoms with Crippen molar-refractivity contribution >= 4 is 17.5 Å². The van der Waals surface area contributed by atoms with Crippen molar-refractivity contribution in [2.24, 2.45) is 0 Å². The molecule has 0 saturated carbocycles. The van der Waals surface area contributed by atoms with E-state index < -0.39 is 11.8 Å². The third kappa shape index (κ3) is 4.54. The van der Waals surface area contributed by atoms with Gasteiger partial charge in [-0.2, -0.15) is 0 Å². The molecule has 23 heavy (non-hydrogen) atoms. The maximum atomic E-state index is 12.8. The van der Waals surface area contributed by atoms with E-state index in [4.69, 9.17) is 0 Å². The Morgan fingerprint density at radius 2 is 1.70 bits per heavy atom. The van der Waals surface area contributed by atoms with Gasteiger partial charge in [0.2, 0.25) is 0 Å². The van der Waals surface area contributed by atoms with Crippen molar-refractivity contribution in [1.82, 2.24) is 5.32 Å². The van der Waals surface area contributed by atoms with Gasteiger partial charge in [0.25, 0.3) is 0 Å². The van der Waals surface area contributed by atoms with Gasteiger partial charge in [0, 0.05) is 19.3 Å². The van der Waals surface area contributed by atoms with E-state index in [1.54, 1.807) is 24.3 Å². The smallest absolute Gasteiger partial charge is 0.316 e. The van der Waals surface area contributed by atoms with Gasteiger partial charge in [-0.25, -0.2) is 4.39 Å². The molecule has 0 aliphatic heterocycles. The van der Waals surface area contributed by atoms with Crippen molar-refractivity contribution in [3.63, 3.8) is 0 Å². The van der Waals surface area contributed by atoms with Crippen LogP contribution in [0.2, 0.25) is 0 Å². The van der Waals surface area contributed by atoms with Crippen LogP contribution < -0.4 is 10.2 Å². The highest BCUT2D eigenvalue weighted by Gasteiger charge is 2.19. The molecule has 0 radical (unpaired) electrons. The second-order valence-corrected chi connectivity index (χ2v) is 5.01. The van der Waals surface area contributed by atoms with E-state index in [2.05, 4.69) is 5.32 Å². The third-order valence-corrected chi connectivity index (χ3v) is 3.35. The van der Waals surface area contributed by atoms with E-state index in [9.17, 15) is 19.1 Å². The zero-order chi connectivity index (χ0) is 16.8. The van der Waals surface area contributed by atoms with Crippen molar-refractivity contribution in [2.75, 3.05) is 18.5 Å². The van der Waals surface area contributed by atoms with E-state index in [0.29, 0.717) is 12.1 Å². The van der Waals surface area contributed by atoms with Crippen LogP contribution in [0.15, 0.2) is 48.5 Å². The number of aromatic hydroxyl groups is 1. The van der Waals surface area contributed by atoms with Crippen LogP contribution in [-0.2, 0) is 16.0 Å². The Morgan fingerprint density at radius 1 is 1.09 bits per heavy atom. The lowest BCUT2D eigenvalue weighted by Crippen LogP contribution is -2.41. The second-order valence-electron chi connectivity index (χ2n) is 5.01. The molecule has 0 saturated heterocycles. The number of phenolic OH excluding ortho intramolecular Hbond substituents is 1. The molecule has 0 fully saturated rings. The molecule has 2 aromatic rings. The van der Waals surface area contributed by atoms with Crippen LogP contribution in [0.4, 0.5) is 10.1 Å². The number of amides is 2. The Labute approximate surface area is 133 Å². The number of halogens is 1. The summed E-state index contributed by atoms with van der Waals surface area (Å²) in [5.41, 5.74) is 1.37. The molecule has 2 amide bonds. The largest absolute Gasteiger partial charge is 0.508 e. The number of nitrogens with zero attached hydrogens (tertiary/aromatic N) is 1. The summed E-state index contributed by atoms with van der Waals surface area (Å²) in [5, 5.41) is 11.8. The Hall–Kier alpha value is -2.89. The molecule has 6 heteroatoms. The lowest BCUT2D eigenvalue weighted by atomic mass is 10.1. The second kappa shape index (κ2) is 7.40. The molecule has 0 bridgehead atoms. The van der Waals surface area contributed by atoms with E-state index in [1.807, 2.05) is 0 Å². The minimum atomic E-state index is -0.720. The van der Waals surface area contributed by atoms with Gasteiger partial charge in [0.1, 0.15) is 11.6 Å². The maximum Gasteiger partial charge on any atom is 0.316 e. The Balaban J connectivity index is 1.85. The standard InChI is InChI=1S/C17H17FN2O3/c1-20(14-6-8-15(21)9-7-14)17(23)16(22)19-11-10-12-2-4-13(18)5-3-12/h2-9,21H,10-11H2,1H3,(H,19,22). The van der Waals surface area contributed by atoms with Crippen LogP contribution in [-0.4, -0.2) is 30.5 Å². The van der Waals surface area contributed by atoms with Gasteiger partial charge in [-0.15, -0.1) is 0 Å². The normalized spacial score (nSPS) is 10.2. The Kier molecular flexibility index (Phi) is 5.30. The first kappa shape index (κ1) is 16.5. The molecule has 0 atom stereocenters. The lowest BCUT2D eigenvalue weighted by Gasteiger charge is -2.16. The molecule has 120 valence electrons. The van der Waals surface area contributed by atoms with Gasteiger partial charge in [-0.05, 0) is 48.4 Å². The molecule has 2 rings (SSSR count). The minimum absolute atomic E-state index is 0.0818. The Morgan fingerprint density at radius 3 is 2.30 bits per heavy atom.